The lowest BCUT2D eigenvalue weighted by molar-refractivity contribution is -0.117. The van der Waals surface area contributed by atoms with Crippen LogP contribution in [0.2, 0.25) is 0 Å². The normalized spacial score (nSPS) is 14.7. The lowest BCUT2D eigenvalue weighted by Crippen LogP contribution is -2.19. The van der Waals surface area contributed by atoms with E-state index in [9.17, 15) is 13.2 Å². The van der Waals surface area contributed by atoms with Gasteiger partial charge in [-0.2, -0.15) is 0 Å². The molecule has 1 amide bonds. The zero-order valence-electron chi connectivity index (χ0n) is 11.6. The third-order valence-corrected chi connectivity index (χ3v) is 3.97. The number of hydrogen-bond donors (Lipinski definition) is 0. The van der Waals surface area contributed by atoms with Crippen molar-refractivity contribution in [2.24, 2.45) is 17.4 Å². The second-order valence-corrected chi connectivity index (χ2v) is 7.00. The van der Waals surface area contributed by atoms with Crippen LogP contribution in [0.15, 0.2) is 21.7 Å². The van der Waals surface area contributed by atoms with Crippen LogP contribution < -0.4 is 0 Å². The van der Waals surface area contributed by atoms with Crippen molar-refractivity contribution in [1.29, 1.82) is 0 Å². The fraction of sp³-hybridized carbons (Fsp3) is 0.556. The molecule has 0 aliphatic rings. The molecule has 1 rings (SSSR count). The molecule has 9 nitrogen and oxygen atoms in total. The Hall–Kier alpha value is -1.46. The lowest BCUT2D eigenvalue weighted by Gasteiger charge is -2.08. The van der Waals surface area contributed by atoms with Crippen LogP contribution in [0.25, 0.3) is 0 Å². The van der Waals surface area contributed by atoms with E-state index in [0.717, 1.165) is 5.01 Å². The maximum absolute atomic E-state index is 12.0. The smallest absolute Gasteiger partial charge is 0.232 e. The Morgan fingerprint density at radius 3 is 2.60 bits per heavy atom. The van der Waals surface area contributed by atoms with Crippen LogP contribution in [0.3, 0.4) is 0 Å². The molecule has 0 fully saturated rings. The van der Waals surface area contributed by atoms with Gasteiger partial charge in [0.15, 0.2) is 10.8 Å². The predicted octanol–water partition coefficient (Wildman–Crippen LogP) is -0.203. The van der Waals surface area contributed by atoms with E-state index in [-0.39, 0.29) is 16.7 Å². The standard InChI is InChI=1S/C9H16N6O3S2/c1-13(2)20(18)9-8(14(3)5-10-9)11-12-15(6-16)7-19(4)17/h5-6H,7H2,1-4H3/b12-11-. The number of carbonyl (C=O) groups excluding carboxylic acids is 1. The first-order valence-electron chi connectivity index (χ1n) is 5.41. The molecule has 11 heteroatoms. The average Bonchev–Trinajstić information content (AvgIpc) is 2.74. The zero-order chi connectivity index (χ0) is 15.3. The number of aryl methyl sites for hydroxylation is 1. The minimum absolute atomic E-state index is 0.0586. The summed E-state index contributed by atoms with van der Waals surface area (Å²) in [5.74, 6) is 0.211. The fourth-order valence-corrected chi connectivity index (χ4v) is 2.48. The summed E-state index contributed by atoms with van der Waals surface area (Å²) in [4.78, 5) is 14.8. The molecule has 0 bridgehead atoms. The van der Waals surface area contributed by atoms with Crippen LogP contribution in [-0.2, 0) is 33.6 Å². The van der Waals surface area contributed by atoms with E-state index < -0.39 is 21.8 Å². The van der Waals surface area contributed by atoms with Gasteiger partial charge >= 0.3 is 0 Å². The Labute approximate surface area is 121 Å². The van der Waals surface area contributed by atoms with Crippen molar-refractivity contribution in [3.63, 3.8) is 0 Å². The Kier molecular flexibility index (Phi) is 6.10. The maximum atomic E-state index is 12.0. The number of imidazole rings is 1. The topological polar surface area (TPSA) is 100 Å². The Morgan fingerprint density at radius 2 is 2.10 bits per heavy atom. The van der Waals surface area contributed by atoms with Crippen LogP contribution >= 0.6 is 0 Å². The summed E-state index contributed by atoms with van der Waals surface area (Å²) in [6.07, 6.45) is 3.32. The van der Waals surface area contributed by atoms with E-state index >= 15 is 0 Å². The quantitative estimate of drug-likeness (QED) is 0.394. The number of nitrogens with zero attached hydrogens (tertiary/aromatic N) is 6. The first-order chi connectivity index (χ1) is 9.36. The van der Waals surface area contributed by atoms with Crippen molar-refractivity contribution in [2.75, 3.05) is 26.2 Å². The number of rotatable bonds is 7. The first-order valence-corrected chi connectivity index (χ1v) is 8.24. The Bertz CT molecular complexity index is 556. The van der Waals surface area contributed by atoms with Crippen molar-refractivity contribution >= 4 is 34.0 Å². The molecule has 2 atom stereocenters. The van der Waals surface area contributed by atoms with Gasteiger partial charge < -0.3 is 4.57 Å². The minimum atomic E-state index is -1.47. The van der Waals surface area contributed by atoms with Gasteiger partial charge in [-0.15, -0.1) is 5.11 Å². The summed E-state index contributed by atoms with van der Waals surface area (Å²) in [7, 11) is 2.26. The van der Waals surface area contributed by atoms with Crippen LogP contribution in [0.4, 0.5) is 5.82 Å². The molecule has 0 aromatic carbocycles. The second-order valence-electron chi connectivity index (χ2n) is 3.98. The highest BCUT2D eigenvalue weighted by atomic mass is 32.2. The molecule has 0 aliphatic carbocycles. The van der Waals surface area contributed by atoms with E-state index in [1.54, 1.807) is 21.1 Å². The number of amides is 1. The molecule has 20 heavy (non-hydrogen) atoms. The Morgan fingerprint density at radius 1 is 1.45 bits per heavy atom. The molecule has 0 N–H and O–H groups in total. The molecule has 112 valence electrons. The van der Waals surface area contributed by atoms with E-state index in [0.29, 0.717) is 6.41 Å². The van der Waals surface area contributed by atoms with Gasteiger partial charge in [0.05, 0.1) is 6.33 Å². The highest BCUT2D eigenvalue weighted by molar-refractivity contribution is 7.84. The summed E-state index contributed by atoms with van der Waals surface area (Å²) in [5.41, 5.74) is 0. The van der Waals surface area contributed by atoms with Gasteiger partial charge in [-0.3, -0.25) is 9.00 Å². The highest BCUT2D eigenvalue weighted by Gasteiger charge is 2.17. The third kappa shape index (κ3) is 4.28. The van der Waals surface area contributed by atoms with Crippen molar-refractivity contribution in [2.45, 2.75) is 5.03 Å². The van der Waals surface area contributed by atoms with E-state index in [1.807, 2.05) is 0 Å². The average molecular weight is 320 g/mol. The molecule has 0 aliphatic heterocycles. The van der Waals surface area contributed by atoms with Gasteiger partial charge in [0.2, 0.25) is 6.41 Å². The van der Waals surface area contributed by atoms with Crippen LogP contribution in [0.1, 0.15) is 0 Å². The summed E-state index contributed by atoms with van der Waals surface area (Å²) in [6, 6.07) is 0. The van der Waals surface area contributed by atoms with Crippen molar-refractivity contribution in [1.82, 2.24) is 18.9 Å². The molecule has 2 unspecified atom stereocenters. The number of aromatic nitrogens is 2. The summed E-state index contributed by atoms with van der Waals surface area (Å²) in [5, 5.41) is 8.68. The minimum Gasteiger partial charge on any atom is -0.316 e. The van der Waals surface area contributed by atoms with Gasteiger partial charge in [-0.25, -0.2) is 18.5 Å². The monoisotopic (exact) mass is 320 g/mol. The number of hydrogen-bond acceptors (Lipinski definition) is 6. The molecule has 0 spiro atoms. The van der Waals surface area contributed by atoms with Gasteiger partial charge in [0.1, 0.15) is 16.9 Å². The predicted molar refractivity (Wildman–Crippen MR) is 74.7 cm³/mol. The van der Waals surface area contributed by atoms with E-state index in [2.05, 4.69) is 15.3 Å². The third-order valence-electron chi connectivity index (χ3n) is 2.06. The van der Waals surface area contributed by atoms with Crippen molar-refractivity contribution in [3.05, 3.63) is 6.33 Å². The summed E-state index contributed by atoms with van der Waals surface area (Å²) < 4.78 is 26.0. The van der Waals surface area contributed by atoms with Crippen LogP contribution in [-0.4, -0.2) is 59.9 Å². The fourth-order valence-electron chi connectivity index (χ4n) is 1.18. The molecule has 0 saturated carbocycles. The zero-order valence-corrected chi connectivity index (χ0v) is 13.2. The maximum Gasteiger partial charge on any atom is 0.232 e. The van der Waals surface area contributed by atoms with E-state index in [1.165, 1.54) is 21.5 Å². The summed E-state index contributed by atoms with van der Waals surface area (Å²) >= 11 is 0. The van der Waals surface area contributed by atoms with Crippen molar-refractivity contribution < 1.29 is 13.2 Å². The molecule has 1 aromatic heterocycles. The summed E-state index contributed by atoms with van der Waals surface area (Å²) in [6.45, 7) is 0. The number of carbonyl (C=O) groups is 1. The lowest BCUT2D eigenvalue weighted by atomic mass is 10.7. The van der Waals surface area contributed by atoms with Gasteiger partial charge in [0, 0.05) is 24.1 Å². The van der Waals surface area contributed by atoms with E-state index in [4.69, 9.17) is 0 Å². The Balaban J connectivity index is 3.02. The first kappa shape index (κ1) is 16.6. The molecule has 1 heterocycles. The van der Waals surface area contributed by atoms with Gasteiger partial charge in [-0.05, 0) is 14.1 Å². The van der Waals surface area contributed by atoms with Gasteiger partial charge in [0.25, 0.3) is 0 Å². The largest absolute Gasteiger partial charge is 0.316 e. The highest BCUT2D eigenvalue weighted by Crippen LogP contribution is 2.22. The van der Waals surface area contributed by atoms with Crippen LogP contribution in [0, 0.1) is 0 Å². The molecule has 0 radical (unpaired) electrons. The second kappa shape index (κ2) is 7.36. The molecular weight excluding hydrogens is 304 g/mol. The molecular formula is C9H16N6O3S2. The van der Waals surface area contributed by atoms with Crippen molar-refractivity contribution in [3.8, 4) is 0 Å². The SMILES string of the molecule is CN(C)S(=O)c1ncn(C)c1/N=N\N(C=O)CS(C)=O. The van der Waals surface area contributed by atoms with Crippen LogP contribution in [0.5, 0.6) is 0 Å². The molecule has 0 saturated heterocycles. The van der Waals surface area contributed by atoms with Gasteiger partial charge in [-0.1, -0.05) is 5.22 Å². The molecule has 1 aromatic rings.